The Morgan fingerprint density at radius 3 is 2.29 bits per heavy atom. The summed E-state index contributed by atoms with van der Waals surface area (Å²) in [5.74, 6) is -0.436. The molecule has 0 bridgehead atoms. The molecule has 1 N–H and O–H groups in total. The highest BCUT2D eigenvalue weighted by Crippen LogP contribution is 2.25. The lowest BCUT2D eigenvalue weighted by Crippen LogP contribution is -2.48. The molecule has 0 aromatic heterocycles. The summed E-state index contributed by atoms with van der Waals surface area (Å²) in [4.78, 5) is 38.0. The molecule has 2 amide bonds. The predicted molar refractivity (Wildman–Crippen MR) is 107 cm³/mol. The molecule has 1 aliphatic heterocycles. The van der Waals surface area contributed by atoms with Gasteiger partial charge >= 0.3 is 0 Å². The highest BCUT2D eigenvalue weighted by Gasteiger charge is 2.25. The van der Waals surface area contributed by atoms with Crippen molar-refractivity contribution in [3.8, 4) is 0 Å². The minimum atomic E-state index is -0.546. The first-order valence-corrected chi connectivity index (χ1v) is 9.09. The lowest BCUT2D eigenvalue weighted by atomic mass is 10.1. The van der Waals surface area contributed by atoms with Crippen LogP contribution in [0.2, 0.25) is 5.02 Å². The van der Waals surface area contributed by atoms with Gasteiger partial charge in [-0.15, -0.1) is 0 Å². The van der Waals surface area contributed by atoms with Crippen molar-refractivity contribution in [3.63, 3.8) is 0 Å². The number of amides is 2. The summed E-state index contributed by atoms with van der Waals surface area (Å²) in [5, 5.41) is 13.9. The Bertz CT molecular complexity index is 909. The van der Waals surface area contributed by atoms with Gasteiger partial charge in [0.2, 0.25) is 5.91 Å². The highest BCUT2D eigenvalue weighted by atomic mass is 35.5. The van der Waals surface area contributed by atoms with E-state index in [-0.39, 0.29) is 28.1 Å². The Morgan fingerprint density at radius 2 is 1.71 bits per heavy atom. The first kappa shape index (κ1) is 19.6. The van der Waals surface area contributed by atoms with Gasteiger partial charge in [0, 0.05) is 56.6 Å². The third kappa shape index (κ3) is 4.40. The summed E-state index contributed by atoms with van der Waals surface area (Å²) in [6, 6.07) is 11.4. The van der Waals surface area contributed by atoms with Gasteiger partial charge in [-0.2, -0.15) is 0 Å². The summed E-state index contributed by atoms with van der Waals surface area (Å²) in [6.07, 6.45) is 0. The van der Waals surface area contributed by atoms with E-state index >= 15 is 0 Å². The van der Waals surface area contributed by atoms with Crippen LogP contribution in [0, 0.1) is 10.1 Å². The molecule has 1 saturated heterocycles. The van der Waals surface area contributed by atoms with Crippen molar-refractivity contribution in [2.24, 2.45) is 0 Å². The number of non-ortho nitro benzene ring substituents is 1. The summed E-state index contributed by atoms with van der Waals surface area (Å²) < 4.78 is 0. The van der Waals surface area contributed by atoms with E-state index in [2.05, 4.69) is 10.2 Å². The maximum atomic E-state index is 12.7. The van der Waals surface area contributed by atoms with Crippen LogP contribution < -0.4 is 10.2 Å². The zero-order chi connectivity index (χ0) is 20.3. The Labute approximate surface area is 166 Å². The number of nitrogens with one attached hydrogen (secondary N) is 1. The summed E-state index contributed by atoms with van der Waals surface area (Å²) in [7, 11) is 0. The molecular weight excluding hydrogens is 384 g/mol. The van der Waals surface area contributed by atoms with Crippen molar-refractivity contribution in [3.05, 3.63) is 63.2 Å². The maximum Gasteiger partial charge on any atom is 0.270 e. The van der Waals surface area contributed by atoms with Crippen molar-refractivity contribution in [1.82, 2.24) is 4.90 Å². The Balaban J connectivity index is 1.65. The third-order valence-corrected chi connectivity index (χ3v) is 4.84. The lowest BCUT2D eigenvalue weighted by molar-refractivity contribution is -0.384. The van der Waals surface area contributed by atoms with Crippen LogP contribution in [-0.4, -0.2) is 47.8 Å². The quantitative estimate of drug-likeness (QED) is 0.626. The van der Waals surface area contributed by atoms with Gasteiger partial charge in [0.15, 0.2) is 0 Å². The second-order valence-corrected chi connectivity index (χ2v) is 6.84. The number of halogens is 1. The molecule has 0 spiro atoms. The average Bonchev–Trinajstić information content (AvgIpc) is 2.68. The number of hydrogen-bond acceptors (Lipinski definition) is 5. The molecule has 0 unspecified atom stereocenters. The monoisotopic (exact) mass is 402 g/mol. The average molecular weight is 403 g/mol. The Morgan fingerprint density at radius 1 is 1.07 bits per heavy atom. The van der Waals surface area contributed by atoms with Gasteiger partial charge in [0.25, 0.3) is 11.6 Å². The van der Waals surface area contributed by atoms with Crippen molar-refractivity contribution < 1.29 is 14.5 Å². The van der Waals surface area contributed by atoms with Crippen LogP contribution in [0.5, 0.6) is 0 Å². The molecular formula is C19H19ClN4O4. The van der Waals surface area contributed by atoms with Crippen molar-refractivity contribution in [2.75, 3.05) is 36.4 Å². The summed E-state index contributed by atoms with van der Waals surface area (Å²) in [5.41, 5.74) is 1.70. The SMILES string of the molecule is CC(=O)Nc1ccc(N2CCN(C(=O)c3cc([N+](=O)[O-])ccc3Cl)CC2)cc1. The molecule has 9 heteroatoms. The highest BCUT2D eigenvalue weighted by molar-refractivity contribution is 6.33. The molecule has 1 aliphatic rings. The van der Waals surface area contributed by atoms with Crippen molar-refractivity contribution in [2.45, 2.75) is 6.92 Å². The maximum absolute atomic E-state index is 12.7. The van der Waals surface area contributed by atoms with Crippen LogP contribution >= 0.6 is 11.6 Å². The van der Waals surface area contributed by atoms with Crippen molar-refractivity contribution >= 4 is 40.5 Å². The molecule has 2 aromatic carbocycles. The number of carbonyl (C=O) groups excluding carboxylic acids is 2. The molecule has 0 atom stereocenters. The standard InChI is InChI=1S/C19H19ClN4O4/c1-13(25)21-14-2-4-15(5-3-14)22-8-10-23(11-9-22)19(26)17-12-16(24(27)28)6-7-18(17)20/h2-7,12H,8-11H2,1H3,(H,21,25). The van der Waals surface area contributed by atoms with Crippen molar-refractivity contribution in [1.29, 1.82) is 0 Å². The number of benzene rings is 2. The number of nitrogens with zero attached hydrogens (tertiary/aromatic N) is 3. The van der Waals surface area contributed by atoms with Crippen LogP contribution in [0.1, 0.15) is 17.3 Å². The van der Waals surface area contributed by atoms with Crippen LogP contribution in [0.4, 0.5) is 17.1 Å². The first-order chi connectivity index (χ1) is 13.3. The molecule has 2 aromatic rings. The van der Waals surface area contributed by atoms with Crippen LogP contribution in [0.3, 0.4) is 0 Å². The van der Waals surface area contributed by atoms with Gasteiger partial charge in [-0.1, -0.05) is 11.6 Å². The minimum absolute atomic E-state index is 0.125. The second-order valence-electron chi connectivity index (χ2n) is 6.43. The van der Waals surface area contributed by atoms with Crippen LogP contribution in [-0.2, 0) is 4.79 Å². The molecule has 0 saturated carbocycles. The van der Waals surface area contributed by atoms with E-state index in [0.29, 0.717) is 26.2 Å². The van der Waals surface area contributed by atoms with Gasteiger partial charge in [0.1, 0.15) is 0 Å². The Hall–Kier alpha value is -3.13. The minimum Gasteiger partial charge on any atom is -0.368 e. The van der Waals surface area contributed by atoms with E-state index in [0.717, 1.165) is 11.4 Å². The second kappa shape index (κ2) is 8.26. The summed E-state index contributed by atoms with van der Waals surface area (Å²) >= 11 is 6.08. The number of nitro groups is 1. The number of hydrogen-bond donors (Lipinski definition) is 1. The van der Waals surface area contributed by atoms with E-state index < -0.39 is 4.92 Å². The number of nitro benzene ring substituents is 1. The Kier molecular flexibility index (Phi) is 5.79. The smallest absolute Gasteiger partial charge is 0.270 e. The lowest BCUT2D eigenvalue weighted by Gasteiger charge is -2.36. The van der Waals surface area contributed by atoms with Gasteiger partial charge in [-0.25, -0.2) is 0 Å². The van der Waals surface area contributed by atoms with Gasteiger partial charge in [-0.05, 0) is 30.3 Å². The van der Waals surface area contributed by atoms with Gasteiger partial charge < -0.3 is 15.1 Å². The topological polar surface area (TPSA) is 95.8 Å². The van der Waals surface area contributed by atoms with E-state index in [9.17, 15) is 19.7 Å². The normalized spacial score (nSPS) is 13.9. The molecule has 3 rings (SSSR count). The van der Waals surface area contributed by atoms with E-state index in [1.165, 1.54) is 25.1 Å². The fourth-order valence-electron chi connectivity index (χ4n) is 3.09. The molecule has 8 nitrogen and oxygen atoms in total. The molecule has 0 radical (unpaired) electrons. The zero-order valence-corrected chi connectivity index (χ0v) is 16.0. The largest absolute Gasteiger partial charge is 0.368 e. The fraction of sp³-hybridized carbons (Fsp3) is 0.263. The molecule has 0 aliphatic carbocycles. The number of carbonyl (C=O) groups is 2. The molecule has 28 heavy (non-hydrogen) atoms. The van der Waals surface area contributed by atoms with Crippen LogP contribution in [0.15, 0.2) is 42.5 Å². The fourth-order valence-corrected chi connectivity index (χ4v) is 3.29. The van der Waals surface area contributed by atoms with Crippen LogP contribution in [0.25, 0.3) is 0 Å². The number of anilines is 2. The molecule has 1 heterocycles. The first-order valence-electron chi connectivity index (χ1n) is 8.71. The summed E-state index contributed by atoms with van der Waals surface area (Å²) in [6.45, 7) is 3.66. The van der Waals surface area contributed by atoms with E-state index in [4.69, 9.17) is 11.6 Å². The van der Waals surface area contributed by atoms with E-state index in [1.807, 2.05) is 24.3 Å². The molecule has 1 fully saturated rings. The van der Waals surface area contributed by atoms with Gasteiger partial charge in [-0.3, -0.25) is 19.7 Å². The third-order valence-electron chi connectivity index (χ3n) is 4.51. The van der Waals surface area contributed by atoms with E-state index in [1.54, 1.807) is 4.90 Å². The zero-order valence-electron chi connectivity index (χ0n) is 15.2. The number of rotatable bonds is 4. The number of piperazine rings is 1. The predicted octanol–water partition coefficient (Wildman–Crippen LogP) is 3.17. The van der Waals surface area contributed by atoms with Gasteiger partial charge in [0.05, 0.1) is 15.5 Å². The molecule has 146 valence electrons.